The number of aromatic nitrogens is 1. The maximum Gasteiger partial charge on any atom is 0.0270 e. The Morgan fingerprint density at radius 2 is 1.33 bits per heavy atom. The number of hydrogen-bond donors (Lipinski definition) is 0. The molecule has 3 rings (SSSR count). The predicted molar refractivity (Wildman–Crippen MR) is 103 cm³/mol. The zero-order valence-electron chi connectivity index (χ0n) is 14.8. The fourth-order valence-electron chi connectivity index (χ4n) is 3.46. The predicted octanol–water partition coefficient (Wildman–Crippen LogP) is 6.07. The van der Waals surface area contributed by atoms with E-state index in [9.17, 15) is 0 Å². The molecule has 0 saturated heterocycles. The average Bonchev–Trinajstić information content (AvgIpc) is 2.61. The average molecular weight is 317 g/mol. The monoisotopic (exact) mass is 317 g/mol. The summed E-state index contributed by atoms with van der Waals surface area (Å²) in [6, 6.07) is 19.8. The Hall–Kier alpha value is -2.15. The Bertz CT molecular complexity index is 763. The number of rotatable bonds is 7. The molecule has 1 nitrogen and oxygen atoms in total. The Morgan fingerprint density at radius 1 is 0.708 bits per heavy atom. The van der Waals surface area contributed by atoms with Crippen molar-refractivity contribution < 1.29 is 0 Å². The minimum atomic E-state index is 0.728. The van der Waals surface area contributed by atoms with Crippen molar-refractivity contribution in [2.24, 2.45) is 11.8 Å². The van der Waals surface area contributed by atoms with Gasteiger partial charge in [-0.2, -0.15) is 0 Å². The van der Waals surface area contributed by atoms with E-state index < -0.39 is 0 Å². The molecule has 2 unspecified atom stereocenters. The van der Waals surface area contributed by atoms with E-state index in [1.54, 1.807) is 0 Å². The van der Waals surface area contributed by atoms with Crippen LogP contribution in [0.3, 0.4) is 0 Å². The standard InChI is InChI=1S/C23H27N/c1-18(15-20-11-13-24-14-12-20)7-8-19(2)16-21-9-10-22-5-3-4-6-23(22)17-21/h3-6,9-14,17-19H,7-8,15-16H2,1-2H3. The second-order valence-electron chi connectivity index (χ2n) is 7.23. The number of nitrogens with zero attached hydrogens (tertiary/aromatic N) is 1. The molecule has 1 heterocycles. The molecule has 0 N–H and O–H groups in total. The van der Waals surface area contributed by atoms with Gasteiger partial charge in [-0.15, -0.1) is 0 Å². The van der Waals surface area contributed by atoms with Gasteiger partial charge in [-0.3, -0.25) is 4.98 Å². The number of pyridine rings is 1. The highest BCUT2D eigenvalue weighted by molar-refractivity contribution is 5.82. The van der Waals surface area contributed by atoms with Crippen LogP contribution < -0.4 is 0 Å². The minimum Gasteiger partial charge on any atom is -0.265 e. The summed E-state index contributed by atoms with van der Waals surface area (Å²) in [5, 5.41) is 2.69. The van der Waals surface area contributed by atoms with Gasteiger partial charge >= 0.3 is 0 Å². The third kappa shape index (κ3) is 4.67. The fraction of sp³-hybridized carbons (Fsp3) is 0.348. The zero-order valence-corrected chi connectivity index (χ0v) is 14.8. The van der Waals surface area contributed by atoms with E-state index in [4.69, 9.17) is 0 Å². The van der Waals surface area contributed by atoms with Gasteiger partial charge < -0.3 is 0 Å². The van der Waals surface area contributed by atoms with E-state index in [0.717, 1.165) is 18.3 Å². The number of fused-ring (bicyclic) bond motifs is 1. The number of hydrogen-bond acceptors (Lipinski definition) is 1. The van der Waals surface area contributed by atoms with Crippen molar-refractivity contribution >= 4 is 10.8 Å². The van der Waals surface area contributed by atoms with Gasteiger partial charge in [-0.1, -0.05) is 69.2 Å². The first kappa shape index (κ1) is 16.7. The Kier molecular flexibility index (Phi) is 5.63. The SMILES string of the molecule is CC(CCC(C)Cc1ccc2ccccc2c1)Cc1ccncc1. The molecule has 0 amide bonds. The quantitative estimate of drug-likeness (QED) is 0.515. The summed E-state index contributed by atoms with van der Waals surface area (Å²) in [6.07, 6.45) is 8.70. The van der Waals surface area contributed by atoms with Crippen molar-refractivity contribution in [1.82, 2.24) is 4.98 Å². The largest absolute Gasteiger partial charge is 0.265 e. The van der Waals surface area contributed by atoms with Crippen molar-refractivity contribution in [2.75, 3.05) is 0 Å². The molecular weight excluding hydrogens is 290 g/mol. The van der Waals surface area contributed by atoms with Gasteiger partial charge in [-0.05, 0) is 58.7 Å². The lowest BCUT2D eigenvalue weighted by Crippen LogP contribution is -2.05. The lowest BCUT2D eigenvalue weighted by Gasteiger charge is -2.16. The molecule has 124 valence electrons. The third-order valence-electron chi connectivity index (χ3n) is 4.88. The summed E-state index contributed by atoms with van der Waals surface area (Å²) in [6.45, 7) is 4.75. The topological polar surface area (TPSA) is 12.9 Å². The second kappa shape index (κ2) is 8.10. The van der Waals surface area contributed by atoms with Crippen LogP contribution in [0.25, 0.3) is 10.8 Å². The summed E-state index contributed by atoms with van der Waals surface area (Å²) in [4.78, 5) is 4.10. The molecule has 1 aromatic heterocycles. The lowest BCUT2D eigenvalue weighted by molar-refractivity contribution is 0.427. The molecule has 0 bridgehead atoms. The van der Waals surface area contributed by atoms with E-state index in [1.165, 1.54) is 41.2 Å². The molecule has 0 spiro atoms. The van der Waals surface area contributed by atoms with Crippen LogP contribution in [0.15, 0.2) is 67.0 Å². The highest BCUT2D eigenvalue weighted by Gasteiger charge is 2.09. The summed E-state index contributed by atoms with van der Waals surface area (Å²) in [5.41, 5.74) is 2.86. The minimum absolute atomic E-state index is 0.728. The van der Waals surface area contributed by atoms with Gasteiger partial charge in [0, 0.05) is 12.4 Å². The van der Waals surface area contributed by atoms with Crippen LogP contribution in [0.5, 0.6) is 0 Å². The van der Waals surface area contributed by atoms with Crippen LogP contribution in [0.4, 0.5) is 0 Å². The van der Waals surface area contributed by atoms with Gasteiger partial charge in [0.05, 0.1) is 0 Å². The normalized spacial score (nSPS) is 13.8. The first-order chi connectivity index (χ1) is 11.7. The van der Waals surface area contributed by atoms with Crippen LogP contribution in [0.2, 0.25) is 0 Å². The molecule has 2 aromatic carbocycles. The van der Waals surface area contributed by atoms with Crippen LogP contribution in [0.1, 0.15) is 37.8 Å². The van der Waals surface area contributed by atoms with Crippen LogP contribution in [-0.2, 0) is 12.8 Å². The van der Waals surface area contributed by atoms with Crippen LogP contribution >= 0.6 is 0 Å². The Morgan fingerprint density at radius 3 is 2.04 bits per heavy atom. The van der Waals surface area contributed by atoms with E-state index in [-0.39, 0.29) is 0 Å². The molecule has 0 aliphatic heterocycles. The van der Waals surface area contributed by atoms with E-state index in [1.807, 2.05) is 12.4 Å². The van der Waals surface area contributed by atoms with Crippen molar-refractivity contribution in [3.05, 3.63) is 78.1 Å². The third-order valence-corrected chi connectivity index (χ3v) is 4.88. The first-order valence-corrected chi connectivity index (χ1v) is 9.07. The lowest BCUT2D eigenvalue weighted by atomic mass is 9.90. The van der Waals surface area contributed by atoms with E-state index >= 15 is 0 Å². The van der Waals surface area contributed by atoms with Gasteiger partial charge in [0.2, 0.25) is 0 Å². The Balaban J connectivity index is 1.50. The van der Waals surface area contributed by atoms with Crippen LogP contribution in [-0.4, -0.2) is 4.98 Å². The summed E-state index contributed by atoms with van der Waals surface area (Å²) < 4.78 is 0. The van der Waals surface area contributed by atoms with Crippen LogP contribution in [0, 0.1) is 11.8 Å². The molecule has 2 atom stereocenters. The first-order valence-electron chi connectivity index (χ1n) is 9.07. The summed E-state index contributed by atoms with van der Waals surface area (Å²) in [5.74, 6) is 1.46. The molecule has 3 aromatic rings. The molecule has 0 radical (unpaired) electrons. The molecular formula is C23H27N. The van der Waals surface area contributed by atoms with Gasteiger partial charge in [0.15, 0.2) is 0 Å². The summed E-state index contributed by atoms with van der Waals surface area (Å²) >= 11 is 0. The Labute approximate surface area is 145 Å². The van der Waals surface area contributed by atoms with E-state index in [0.29, 0.717) is 0 Å². The van der Waals surface area contributed by atoms with Crippen molar-refractivity contribution in [3.63, 3.8) is 0 Å². The maximum atomic E-state index is 4.10. The molecule has 24 heavy (non-hydrogen) atoms. The highest BCUT2D eigenvalue weighted by Crippen LogP contribution is 2.22. The van der Waals surface area contributed by atoms with Crippen molar-refractivity contribution in [3.8, 4) is 0 Å². The fourth-order valence-corrected chi connectivity index (χ4v) is 3.46. The summed E-state index contributed by atoms with van der Waals surface area (Å²) in [7, 11) is 0. The second-order valence-corrected chi connectivity index (χ2v) is 7.23. The van der Waals surface area contributed by atoms with Gasteiger partial charge in [0.1, 0.15) is 0 Å². The van der Waals surface area contributed by atoms with E-state index in [2.05, 4.69) is 73.4 Å². The molecule has 0 aliphatic carbocycles. The number of benzene rings is 2. The van der Waals surface area contributed by atoms with Gasteiger partial charge in [-0.25, -0.2) is 0 Å². The molecule has 0 saturated carbocycles. The maximum absolute atomic E-state index is 4.10. The smallest absolute Gasteiger partial charge is 0.0270 e. The molecule has 0 fully saturated rings. The highest BCUT2D eigenvalue weighted by atomic mass is 14.6. The molecule has 1 heteroatoms. The molecule has 0 aliphatic rings. The van der Waals surface area contributed by atoms with Gasteiger partial charge in [0.25, 0.3) is 0 Å². The zero-order chi connectivity index (χ0) is 16.8. The van der Waals surface area contributed by atoms with Crippen molar-refractivity contribution in [2.45, 2.75) is 39.5 Å². The van der Waals surface area contributed by atoms with Crippen molar-refractivity contribution in [1.29, 1.82) is 0 Å².